The first-order valence-corrected chi connectivity index (χ1v) is 7.97. The molecule has 4 nitrogen and oxygen atoms in total. The van der Waals surface area contributed by atoms with Gasteiger partial charge in [-0.25, -0.2) is 9.78 Å². The van der Waals surface area contributed by atoms with Gasteiger partial charge in [0.15, 0.2) is 0 Å². The Morgan fingerprint density at radius 3 is 2.71 bits per heavy atom. The average molecular weight is 321 g/mol. The van der Waals surface area contributed by atoms with Crippen LogP contribution in [0.2, 0.25) is 0 Å². The highest BCUT2D eigenvalue weighted by atomic mass is 16.5. The van der Waals surface area contributed by atoms with E-state index in [1.54, 1.807) is 12.1 Å². The van der Waals surface area contributed by atoms with Crippen LogP contribution in [0.3, 0.4) is 0 Å². The zero-order valence-electron chi connectivity index (χ0n) is 13.7. The molecule has 1 N–H and O–H groups in total. The van der Waals surface area contributed by atoms with Gasteiger partial charge >= 0.3 is 5.97 Å². The fourth-order valence-corrected chi connectivity index (χ4v) is 2.68. The monoisotopic (exact) mass is 321 g/mol. The van der Waals surface area contributed by atoms with Crippen molar-refractivity contribution in [1.29, 1.82) is 0 Å². The summed E-state index contributed by atoms with van der Waals surface area (Å²) < 4.78 is 5.66. The third kappa shape index (κ3) is 3.08. The number of pyridine rings is 1. The number of hydrogen-bond acceptors (Lipinski definition) is 3. The summed E-state index contributed by atoms with van der Waals surface area (Å²) in [7, 11) is 0. The molecule has 122 valence electrons. The maximum absolute atomic E-state index is 11.7. The third-order valence-corrected chi connectivity index (χ3v) is 3.87. The van der Waals surface area contributed by atoms with E-state index in [9.17, 15) is 9.90 Å². The molecule has 4 heteroatoms. The highest BCUT2D eigenvalue weighted by molar-refractivity contribution is 6.04. The van der Waals surface area contributed by atoms with E-state index in [4.69, 9.17) is 9.72 Å². The van der Waals surface area contributed by atoms with E-state index in [-0.39, 0.29) is 5.56 Å². The van der Waals surface area contributed by atoms with Crippen molar-refractivity contribution in [3.8, 4) is 17.0 Å². The zero-order valence-corrected chi connectivity index (χ0v) is 13.7. The molecule has 0 atom stereocenters. The van der Waals surface area contributed by atoms with Crippen LogP contribution in [0, 0.1) is 6.92 Å². The Labute approximate surface area is 140 Å². The summed E-state index contributed by atoms with van der Waals surface area (Å²) in [5.74, 6) is -0.189. The quantitative estimate of drug-likeness (QED) is 0.740. The van der Waals surface area contributed by atoms with Gasteiger partial charge in [0.2, 0.25) is 0 Å². The first-order valence-electron chi connectivity index (χ1n) is 7.97. The Balaban J connectivity index is 2.16. The number of fused-ring (bicyclic) bond motifs is 1. The molecule has 0 aliphatic carbocycles. The molecular weight excluding hydrogens is 302 g/mol. The number of aromatic carboxylic acids is 1. The van der Waals surface area contributed by atoms with Gasteiger partial charge < -0.3 is 9.84 Å². The molecule has 0 saturated carbocycles. The first kappa shape index (κ1) is 16.0. The minimum Gasteiger partial charge on any atom is -0.494 e. The summed E-state index contributed by atoms with van der Waals surface area (Å²) in [6.45, 7) is 4.64. The van der Waals surface area contributed by atoms with Crippen LogP contribution >= 0.6 is 0 Å². The topological polar surface area (TPSA) is 59.4 Å². The van der Waals surface area contributed by atoms with Gasteiger partial charge in [-0.05, 0) is 37.1 Å². The predicted octanol–water partition coefficient (Wildman–Crippen LogP) is 4.70. The smallest absolute Gasteiger partial charge is 0.336 e. The third-order valence-electron chi connectivity index (χ3n) is 3.87. The number of carboxylic acids is 1. The minimum absolute atomic E-state index is 0.263. The van der Waals surface area contributed by atoms with Gasteiger partial charge in [-0.3, -0.25) is 0 Å². The predicted molar refractivity (Wildman–Crippen MR) is 94.7 cm³/mol. The van der Waals surface area contributed by atoms with Gasteiger partial charge in [-0.1, -0.05) is 37.3 Å². The standard InChI is InChI=1S/C20H19NO3/c1-3-10-24-15-8-5-7-14(11-15)18-12-17(20(22)23)16-9-4-6-13(2)19(16)21-18/h4-9,11-12H,3,10H2,1-2H3,(H,22,23). The highest BCUT2D eigenvalue weighted by Gasteiger charge is 2.14. The van der Waals surface area contributed by atoms with Crippen molar-refractivity contribution in [1.82, 2.24) is 4.98 Å². The van der Waals surface area contributed by atoms with Crippen LogP contribution in [0.5, 0.6) is 5.75 Å². The van der Waals surface area contributed by atoms with E-state index < -0.39 is 5.97 Å². The van der Waals surface area contributed by atoms with Crippen LogP contribution in [0.15, 0.2) is 48.5 Å². The molecule has 0 bridgehead atoms. The van der Waals surface area contributed by atoms with Crippen LogP contribution in [0.1, 0.15) is 29.3 Å². The number of hydrogen-bond donors (Lipinski definition) is 1. The fourth-order valence-electron chi connectivity index (χ4n) is 2.68. The number of benzene rings is 2. The zero-order chi connectivity index (χ0) is 17.1. The Kier molecular flexibility index (Phi) is 4.47. The van der Waals surface area contributed by atoms with E-state index in [0.29, 0.717) is 23.2 Å². The number of rotatable bonds is 5. The SMILES string of the molecule is CCCOc1cccc(-c2cc(C(=O)O)c3cccc(C)c3n2)c1. The Bertz CT molecular complexity index is 903. The summed E-state index contributed by atoms with van der Waals surface area (Å²) in [6.07, 6.45) is 0.931. The molecule has 1 heterocycles. The number of carbonyl (C=O) groups is 1. The van der Waals surface area contributed by atoms with Crippen LogP contribution in [-0.4, -0.2) is 22.7 Å². The van der Waals surface area contributed by atoms with Gasteiger partial charge in [0, 0.05) is 10.9 Å². The Morgan fingerprint density at radius 2 is 1.96 bits per heavy atom. The molecule has 0 aliphatic heterocycles. The number of carboxylic acid groups (broad SMARTS) is 1. The maximum Gasteiger partial charge on any atom is 0.336 e. The molecule has 0 unspecified atom stereocenters. The van der Waals surface area contributed by atoms with Crippen molar-refractivity contribution in [2.24, 2.45) is 0 Å². The Morgan fingerprint density at radius 1 is 1.17 bits per heavy atom. The molecule has 0 radical (unpaired) electrons. The van der Waals surface area contributed by atoms with E-state index >= 15 is 0 Å². The molecule has 2 aromatic carbocycles. The molecule has 0 fully saturated rings. The lowest BCUT2D eigenvalue weighted by molar-refractivity contribution is 0.0699. The van der Waals surface area contributed by atoms with E-state index in [0.717, 1.165) is 23.3 Å². The first-order chi connectivity index (χ1) is 11.6. The van der Waals surface area contributed by atoms with Crippen LogP contribution < -0.4 is 4.74 Å². The van der Waals surface area contributed by atoms with Gasteiger partial charge in [-0.2, -0.15) is 0 Å². The second kappa shape index (κ2) is 6.71. The summed E-state index contributed by atoms with van der Waals surface area (Å²) in [4.78, 5) is 16.4. The summed E-state index contributed by atoms with van der Waals surface area (Å²) in [5, 5.41) is 10.2. The molecule has 3 rings (SSSR count). The molecule has 0 spiro atoms. The summed E-state index contributed by atoms with van der Waals surface area (Å²) in [6, 6.07) is 14.8. The normalized spacial score (nSPS) is 10.8. The molecule has 0 amide bonds. The lowest BCUT2D eigenvalue weighted by Crippen LogP contribution is -2.01. The molecular formula is C20H19NO3. The number of nitrogens with zero attached hydrogens (tertiary/aromatic N) is 1. The molecule has 1 aromatic heterocycles. The highest BCUT2D eigenvalue weighted by Crippen LogP contribution is 2.28. The number of ether oxygens (including phenoxy) is 1. The molecule has 0 aliphatic rings. The van der Waals surface area contributed by atoms with Crippen molar-refractivity contribution in [2.75, 3.05) is 6.61 Å². The fraction of sp³-hybridized carbons (Fsp3) is 0.200. The van der Waals surface area contributed by atoms with Crippen molar-refractivity contribution in [3.05, 3.63) is 59.7 Å². The average Bonchev–Trinajstić information content (AvgIpc) is 2.59. The largest absolute Gasteiger partial charge is 0.494 e. The van der Waals surface area contributed by atoms with Crippen molar-refractivity contribution in [3.63, 3.8) is 0 Å². The lowest BCUT2D eigenvalue weighted by atomic mass is 10.0. The second-order valence-corrected chi connectivity index (χ2v) is 5.71. The van der Waals surface area contributed by atoms with Gasteiger partial charge in [-0.15, -0.1) is 0 Å². The van der Waals surface area contributed by atoms with Crippen LogP contribution in [0.4, 0.5) is 0 Å². The maximum atomic E-state index is 11.7. The van der Waals surface area contributed by atoms with E-state index in [1.165, 1.54) is 0 Å². The van der Waals surface area contributed by atoms with Gasteiger partial charge in [0.05, 0.1) is 23.4 Å². The van der Waals surface area contributed by atoms with Gasteiger partial charge in [0.1, 0.15) is 5.75 Å². The number of para-hydroxylation sites is 1. The lowest BCUT2D eigenvalue weighted by Gasteiger charge is -2.10. The van der Waals surface area contributed by atoms with Crippen molar-refractivity contribution < 1.29 is 14.6 Å². The van der Waals surface area contributed by atoms with Crippen LogP contribution in [0.25, 0.3) is 22.2 Å². The minimum atomic E-state index is -0.951. The van der Waals surface area contributed by atoms with E-state index in [2.05, 4.69) is 6.92 Å². The Hall–Kier alpha value is -2.88. The van der Waals surface area contributed by atoms with Crippen molar-refractivity contribution >= 4 is 16.9 Å². The molecule has 0 saturated heterocycles. The summed E-state index contributed by atoms with van der Waals surface area (Å²) >= 11 is 0. The summed E-state index contributed by atoms with van der Waals surface area (Å²) in [5.41, 5.74) is 3.41. The number of aryl methyl sites for hydroxylation is 1. The van der Waals surface area contributed by atoms with E-state index in [1.807, 2.05) is 43.3 Å². The van der Waals surface area contributed by atoms with Gasteiger partial charge in [0.25, 0.3) is 0 Å². The van der Waals surface area contributed by atoms with Crippen LogP contribution in [-0.2, 0) is 0 Å². The second-order valence-electron chi connectivity index (χ2n) is 5.71. The molecule has 24 heavy (non-hydrogen) atoms. The molecule has 3 aromatic rings. The number of aromatic nitrogens is 1. The van der Waals surface area contributed by atoms with Crippen molar-refractivity contribution in [2.45, 2.75) is 20.3 Å².